The molecule has 0 aliphatic rings. The fourth-order valence-electron chi connectivity index (χ4n) is 0.702. The Morgan fingerprint density at radius 1 is 0.700 bits per heavy atom. The van der Waals surface area contributed by atoms with E-state index in [0.717, 1.165) is 0 Å². The van der Waals surface area contributed by atoms with Gasteiger partial charge in [-0.25, -0.2) is 0 Å². The van der Waals surface area contributed by atoms with E-state index in [1.54, 1.807) is 18.2 Å². The molecule has 0 amide bonds. The number of benzene rings is 1. The third-order valence-electron chi connectivity index (χ3n) is 1.00. The maximum absolute atomic E-state index is 5.40. The summed E-state index contributed by atoms with van der Waals surface area (Å²) in [5, 5.41) is 0. The van der Waals surface area contributed by atoms with E-state index in [9.17, 15) is 0 Å². The molecule has 0 heterocycles. The van der Waals surface area contributed by atoms with Crippen molar-refractivity contribution in [2.24, 2.45) is 0 Å². The van der Waals surface area contributed by atoms with Crippen LogP contribution in [0.3, 0.4) is 0 Å². The molecule has 0 unspecified atom stereocenters. The molecule has 10 heavy (non-hydrogen) atoms. The van der Waals surface area contributed by atoms with E-state index < -0.39 is 0 Å². The van der Waals surface area contributed by atoms with Gasteiger partial charge in [0, 0.05) is 17.1 Å². The average molecular weight is 140 g/mol. The van der Waals surface area contributed by atoms with Crippen molar-refractivity contribution >= 4 is 17.1 Å². The molecule has 0 saturated carbocycles. The smallest absolute Gasteiger partial charge is 0.0355 e. The minimum Gasteiger partial charge on any atom is -0.399 e. The molecular weight excluding hydrogens is 128 g/mol. The monoisotopic (exact) mass is 140 g/mol. The number of nitrogen functional groups attached to an aromatic ring is 3. The van der Waals surface area contributed by atoms with Gasteiger partial charge in [0.1, 0.15) is 0 Å². The molecule has 9 N–H and O–H groups in total. The number of rotatable bonds is 0. The zero-order valence-electron chi connectivity index (χ0n) is 5.67. The summed E-state index contributed by atoms with van der Waals surface area (Å²) >= 11 is 0. The lowest BCUT2D eigenvalue weighted by atomic mass is 10.2. The van der Waals surface area contributed by atoms with Gasteiger partial charge in [0.25, 0.3) is 0 Å². The van der Waals surface area contributed by atoms with Crippen LogP contribution in [0.5, 0.6) is 0 Å². The van der Waals surface area contributed by atoms with Gasteiger partial charge >= 0.3 is 0 Å². The summed E-state index contributed by atoms with van der Waals surface area (Å²) in [5.74, 6) is 0. The van der Waals surface area contributed by atoms with Crippen LogP contribution >= 0.6 is 0 Å². The normalized spacial score (nSPS) is 8.40. The van der Waals surface area contributed by atoms with E-state index >= 15 is 0 Å². The first kappa shape index (κ1) is 8.58. The van der Waals surface area contributed by atoms with Crippen LogP contribution in [-0.4, -0.2) is 0 Å². The zero-order valence-corrected chi connectivity index (χ0v) is 5.67. The standard InChI is InChI=1S/C6H9N3.H3N/c7-4-1-5(8)3-6(9)2-4;/h1-3H,7-9H2;1H3. The van der Waals surface area contributed by atoms with Crippen LogP contribution in [0, 0.1) is 0 Å². The van der Waals surface area contributed by atoms with Crippen LogP contribution < -0.4 is 23.4 Å². The third-order valence-corrected chi connectivity index (χ3v) is 1.00. The van der Waals surface area contributed by atoms with Gasteiger partial charge in [-0.2, -0.15) is 0 Å². The second-order valence-electron chi connectivity index (χ2n) is 1.93. The van der Waals surface area contributed by atoms with Crippen LogP contribution in [0.1, 0.15) is 0 Å². The Balaban J connectivity index is 0.000000810. The molecule has 56 valence electrons. The van der Waals surface area contributed by atoms with Gasteiger partial charge in [-0.3, -0.25) is 0 Å². The van der Waals surface area contributed by atoms with E-state index in [2.05, 4.69) is 0 Å². The lowest BCUT2D eigenvalue weighted by Gasteiger charge is -1.97. The van der Waals surface area contributed by atoms with E-state index in [-0.39, 0.29) is 6.15 Å². The molecule has 1 rings (SSSR count). The van der Waals surface area contributed by atoms with E-state index in [4.69, 9.17) is 17.2 Å². The van der Waals surface area contributed by atoms with Crippen molar-refractivity contribution in [3.63, 3.8) is 0 Å². The van der Waals surface area contributed by atoms with E-state index in [1.165, 1.54) is 0 Å². The first-order valence-corrected chi connectivity index (χ1v) is 2.60. The van der Waals surface area contributed by atoms with Crippen molar-refractivity contribution in [3.8, 4) is 0 Å². The molecule has 0 aliphatic carbocycles. The first-order chi connectivity index (χ1) is 4.18. The highest BCUT2D eigenvalue weighted by Gasteiger charge is 1.89. The molecule has 0 bridgehead atoms. The minimum atomic E-state index is 0. The SMILES string of the molecule is N.Nc1cc(N)cc(N)c1. The lowest BCUT2D eigenvalue weighted by Crippen LogP contribution is -1.93. The molecule has 1 aromatic rings. The number of hydrogen-bond acceptors (Lipinski definition) is 4. The molecule has 0 aromatic heterocycles. The lowest BCUT2D eigenvalue weighted by molar-refractivity contribution is 1.65. The molecule has 4 heteroatoms. The Bertz CT molecular complexity index is 171. The Hall–Kier alpha value is -1.42. The van der Waals surface area contributed by atoms with Crippen molar-refractivity contribution in [2.75, 3.05) is 17.2 Å². The summed E-state index contributed by atoms with van der Waals surface area (Å²) in [6.07, 6.45) is 0. The number of anilines is 3. The number of nitrogens with two attached hydrogens (primary N) is 3. The molecule has 0 radical (unpaired) electrons. The topological polar surface area (TPSA) is 113 Å². The van der Waals surface area contributed by atoms with Gasteiger partial charge in [-0.1, -0.05) is 0 Å². The molecule has 0 aliphatic heterocycles. The molecular formula is C6H12N4. The summed E-state index contributed by atoms with van der Waals surface area (Å²) in [6.45, 7) is 0. The van der Waals surface area contributed by atoms with Crippen molar-refractivity contribution in [1.82, 2.24) is 6.15 Å². The van der Waals surface area contributed by atoms with Crippen LogP contribution in [0.15, 0.2) is 18.2 Å². The summed E-state index contributed by atoms with van der Waals surface area (Å²) in [6, 6.07) is 4.99. The van der Waals surface area contributed by atoms with E-state index in [0.29, 0.717) is 17.1 Å². The van der Waals surface area contributed by atoms with Crippen molar-refractivity contribution in [1.29, 1.82) is 0 Å². The van der Waals surface area contributed by atoms with Gasteiger partial charge in [-0.05, 0) is 18.2 Å². The molecule has 0 fully saturated rings. The predicted octanol–water partition coefficient (Wildman–Crippen LogP) is 0.595. The van der Waals surface area contributed by atoms with Gasteiger partial charge in [0.15, 0.2) is 0 Å². The fraction of sp³-hybridized carbons (Fsp3) is 0. The van der Waals surface area contributed by atoms with Crippen molar-refractivity contribution < 1.29 is 0 Å². The molecule has 0 spiro atoms. The summed E-state index contributed by atoms with van der Waals surface area (Å²) in [4.78, 5) is 0. The van der Waals surface area contributed by atoms with Gasteiger partial charge in [0.05, 0.1) is 0 Å². The van der Waals surface area contributed by atoms with Crippen molar-refractivity contribution in [2.45, 2.75) is 0 Å². The molecule has 0 saturated heterocycles. The molecule has 0 atom stereocenters. The predicted molar refractivity (Wildman–Crippen MR) is 44.7 cm³/mol. The first-order valence-electron chi connectivity index (χ1n) is 2.60. The second-order valence-corrected chi connectivity index (χ2v) is 1.93. The fourth-order valence-corrected chi connectivity index (χ4v) is 0.702. The maximum Gasteiger partial charge on any atom is 0.0355 e. The van der Waals surface area contributed by atoms with Crippen LogP contribution in [0.25, 0.3) is 0 Å². The van der Waals surface area contributed by atoms with Gasteiger partial charge < -0.3 is 23.4 Å². The second kappa shape index (κ2) is 2.93. The quantitative estimate of drug-likeness (QED) is 0.395. The summed E-state index contributed by atoms with van der Waals surface area (Å²) < 4.78 is 0. The van der Waals surface area contributed by atoms with Crippen LogP contribution in [0.4, 0.5) is 17.1 Å². The highest BCUT2D eigenvalue weighted by Crippen LogP contribution is 2.14. The van der Waals surface area contributed by atoms with Gasteiger partial charge in [0.2, 0.25) is 0 Å². The highest BCUT2D eigenvalue weighted by atomic mass is 14.6. The zero-order chi connectivity index (χ0) is 6.85. The van der Waals surface area contributed by atoms with E-state index in [1.807, 2.05) is 0 Å². The van der Waals surface area contributed by atoms with Crippen LogP contribution in [0.2, 0.25) is 0 Å². The number of hydrogen-bond donors (Lipinski definition) is 4. The summed E-state index contributed by atoms with van der Waals surface area (Å²) in [7, 11) is 0. The average Bonchev–Trinajstić information content (AvgIpc) is 1.59. The molecule has 1 aromatic carbocycles. The summed E-state index contributed by atoms with van der Waals surface area (Å²) in [5.41, 5.74) is 18.0. The Morgan fingerprint density at radius 2 is 0.900 bits per heavy atom. The third kappa shape index (κ3) is 1.83. The van der Waals surface area contributed by atoms with Gasteiger partial charge in [-0.15, -0.1) is 0 Å². The van der Waals surface area contributed by atoms with Crippen LogP contribution in [-0.2, 0) is 0 Å². The minimum absolute atomic E-state index is 0. The Kier molecular flexibility index (Phi) is 2.52. The Labute approximate surface area is 59.6 Å². The Morgan fingerprint density at radius 3 is 1.10 bits per heavy atom. The highest BCUT2D eigenvalue weighted by molar-refractivity contribution is 5.61. The maximum atomic E-state index is 5.40. The largest absolute Gasteiger partial charge is 0.399 e. The molecule has 4 nitrogen and oxygen atoms in total. The van der Waals surface area contributed by atoms with Crippen molar-refractivity contribution in [3.05, 3.63) is 18.2 Å².